The molecule has 1 atom stereocenters. The summed E-state index contributed by atoms with van der Waals surface area (Å²) < 4.78 is 0. The fraction of sp³-hybridized carbons (Fsp3) is 0.333. The van der Waals surface area contributed by atoms with Crippen LogP contribution in [0.15, 0.2) is 48.5 Å². The maximum atomic E-state index is 10.3. The Morgan fingerprint density at radius 3 is 2.48 bits per heavy atom. The fourth-order valence-electron chi connectivity index (χ4n) is 2.38. The molecule has 1 unspecified atom stereocenters. The largest absolute Gasteiger partial charge is 0.388 e. The van der Waals surface area contributed by atoms with E-state index in [2.05, 4.69) is 43.0 Å². The van der Waals surface area contributed by atoms with Crippen LogP contribution in [0.2, 0.25) is 5.02 Å². The van der Waals surface area contributed by atoms with Crippen LogP contribution in [0.1, 0.15) is 30.6 Å². The molecule has 0 spiro atoms. The van der Waals surface area contributed by atoms with Gasteiger partial charge in [-0.1, -0.05) is 41.4 Å². The van der Waals surface area contributed by atoms with Crippen molar-refractivity contribution >= 4 is 17.3 Å². The zero-order valence-electron chi connectivity index (χ0n) is 12.6. The van der Waals surface area contributed by atoms with Gasteiger partial charge in [0, 0.05) is 23.8 Å². The summed E-state index contributed by atoms with van der Waals surface area (Å²) in [6.45, 7) is 5.95. The van der Waals surface area contributed by atoms with E-state index in [1.165, 1.54) is 11.3 Å². The van der Waals surface area contributed by atoms with Crippen molar-refractivity contribution in [3.63, 3.8) is 0 Å². The van der Waals surface area contributed by atoms with Crippen molar-refractivity contribution in [2.45, 2.75) is 26.4 Å². The second-order valence-electron chi connectivity index (χ2n) is 5.27. The number of benzene rings is 2. The number of aliphatic hydroxyl groups excluding tert-OH is 1. The molecule has 0 saturated heterocycles. The second kappa shape index (κ2) is 7.48. The lowest BCUT2D eigenvalue weighted by molar-refractivity contribution is 0.169. The first-order chi connectivity index (χ1) is 10.1. The molecule has 0 heterocycles. The molecule has 0 aliphatic heterocycles. The monoisotopic (exact) mass is 303 g/mol. The number of aliphatic hydroxyl groups is 1. The molecule has 0 fully saturated rings. The molecule has 0 aromatic heterocycles. The minimum Gasteiger partial charge on any atom is -0.388 e. The van der Waals surface area contributed by atoms with Crippen LogP contribution in [0.5, 0.6) is 0 Å². The highest BCUT2D eigenvalue weighted by molar-refractivity contribution is 6.30. The van der Waals surface area contributed by atoms with Gasteiger partial charge in [0.2, 0.25) is 0 Å². The average Bonchev–Trinajstić information content (AvgIpc) is 2.49. The van der Waals surface area contributed by atoms with Crippen molar-refractivity contribution in [1.82, 2.24) is 0 Å². The number of hydrogen-bond acceptors (Lipinski definition) is 2. The van der Waals surface area contributed by atoms with Crippen LogP contribution < -0.4 is 4.90 Å². The Balaban J connectivity index is 1.98. The van der Waals surface area contributed by atoms with E-state index in [0.717, 1.165) is 18.7 Å². The average molecular weight is 304 g/mol. The quantitative estimate of drug-likeness (QED) is 0.843. The van der Waals surface area contributed by atoms with E-state index in [1.807, 2.05) is 24.3 Å². The Kier molecular flexibility index (Phi) is 5.66. The summed E-state index contributed by atoms with van der Waals surface area (Å²) in [6, 6.07) is 15.9. The van der Waals surface area contributed by atoms with Crippen molar-refractivity contribution in [3.8, 4) is 0 Å². The van der Waals surface area contributed by atoms with Crippen LogP contribution in [0, 0.1) is 6.92 Å². The van der Waals surface area contributed by atoms with Crippen molar-refractivity contribution in [2.24, 2.45) is 0 Å². The molecule has 2 aromatic rings. The second-order valence-corrected chi connectivity index (χ2v) is 5.71. The molecule has 0 saturated carbocycles. The van der Waals surface area contributed by atoms with Gasteiger partial charge in [-0.05, 0) is 50.1 Å². The molecule has 0 aliphatic carbocycles. The number of rotatable bonds is 6. The van der Waals surface area contributed by atoms with Gasteiger partial charge in [0.15, 0.2) is 0 Å². The topological polar surface area (TPSA) is 23.5 Å². The van der Waals surface area contributed by atoms with E-state index >= 15 is 0 Å². The van der Waals surface area contributed by atoms with Gasteiger partial charge >= 0.3 is 0 Å². The molecule has 21 heavy (non-hydrogen) atoms. The van der Waals surface area contributed by atoms with E-state index in [9.17, 15) is 5.11 Å². The molecular weight excluding hydrogens is 282 g/mol. The van der Waals surface area contributed by atoms with E-state index in [-0.39, 0.29) is 0 Å². The van der Waals surface area contributed by atoms with E-state index in [1.54, 1.807) is 0 Å². The minimum atomic E-state index is -0.483. The summed E-state index contributed by atoms with van der Waals surface area (Å²) in [7, 11) is 0. The van der Waals surface area contributed by atoms with Crippen LogP contribution in [0.25, 0.3) is 0 Å². The lowest BCUT2D eigenvalue weighted by atomic mass is 10.1. The van der Waals surface area contributed by atoms with Gasteiger partial charge in [-0.2, -0.15) is 0 Å². The van der Waals surface area contributed by atoms with Gasteiger partial charge in [0.1, 0.15) is 0 Å². The first-order valence-corrected chi connectivity index (χ1v) is 7.73. The van der Waals surface area contributed by atoms with Crippen LogP contribution in [-0.2, 0) is 0 Å². The molecule has 2 aromatic carbocycles. The Hall–Kier alpha value is -1.51. The maximum Gasteiger partial charge on any atom is 0.0807 e. The fourth-order valence-corrected chi connectivity index (χ4v) is 2.58. The summed E-state index contributed by atoms with van der Waals surface area (Å²) in [4.78, 5) is 2.27. The number of hydrogen-bond donors (Lipinski definition) is 1. The summed E-state index contributed by atoms with van der Waals surface area (Å²) >= 11 is 5.97. The number of halogens is 1. The molecule has 0 aliphatic rings. The molecule has 2 nitrogen and oxygen atoms in total. The molecule has 0 radical (unpaired) electrons. The van der Waals surface area contributed by atoms with Gasteiger partial charge < -0.3 is 10.0 Å². The first kappa shape index (κ1) is 15.9. The maximum absolute atomic E-state index is 10.3. The highest BCUT2D eigenvalue weighted by Gasteiger charge is 2.11. The molecular formula is C18H22ClNO. The third-order valence-electron chi connectivity index (χ3n) is 3.69. The van der Waals surface area contributed by atoms with E-state index in [0.29, 0.717) is 11.4 Å². The van der Waals surface area contributed by atoms with Crippen molar-refractivity contribution in [2.75, 3.05) is 18.0 Å². The number of aryl methyl sites for hydroxylation is 1. The first-order valence-electron chi connectivity index (χ1n) is 7.35. The number of anilines is 1. The predicted molar refractivity (Wildman–Crippen MR) is 90.1 cm³/mol. The van der Waals surface area contributed by atoms with Gasteiger partial charge in [0.25, 0.3) is 0 Å². The van der Waals surface area contributed by atoms with Crippen LogP contribution >= 0.6 is 11.6 Å². The zero-order chi connectivity index (χ0) is 15.2. The van der Waals surface area contributed by atoms with Gasteiger partial charge in [0.05, 0.1) is 6.10 Å². The zero-order valence-corrected chi connectivity index (χ0v) is 13.3. The van der Waals surface area contributed by atoms with Crippen molar-refractivity contribution in [3.05, 3.63) is 64.7 Å². The SMILES string of the molecule is CCN(CCC(O)c1cccc(Cl)c1)c1ccc(C)cc1. The number of nitrogens with zero attached hydrogens (tertiary/aromatic N) is 1. The molecule has 112 valence electrons. The third-order valence-corrected chi connectivity index (χ3v) is 3.92. The summed E-state index contributed by atoms with van der Waals surface area (Å²) in [5, 5.41) is 11.0. The molecule has 1 N–H and O–H groups in total. The van der Waals surface area contributed by atoms with Crippen LogP contribution in [0.4, 0.5) is 5.69 Å². The van der Waals surface area contributed by atoms with Crippen molar-refractivity contribution in [1.29, 1.82) is 0 Å². The summed E-state index contributed by atoms with van der Waals surface area (Å²) in [5.74, 6) is 0. The minimum absolute atomic E-state index is 0.483. The normalized spacial score (nSPS) is 12.2. The van der Waals surface area contributed by atoms with Gasteiger partial charge in [-0.3, -0.25) is 0 Å². The highest BCUT2D eigenvalue weighted by atomic mass is 35.5. The Morgan fingerprint density at radius 1 is 1.14 bits per heavy atom. The van der Waals surface area contributed by atoms with Gasteiger partial charge in [-0.15, -0.1) is 0 Å². The highest BCUT2D eigenvalue weighted by Crippen LogP contribution is 2.22. The lowest BCUT2D eigenvalue weighted by Crippen LogP contribution is -2.25. The smallest absolute Gasteiger partial charge is 0.0807 e. The van der Waals surface area contributed by atoms with Crippen LogP contribution in [-0.4, -0.2) is 18.2 Å². The molecule has 3 heteroatoms. The van der Waals surface area contributed by atoms with Crippen LogP contribution in [0.3, 0.4) is 0 Å². The Bertz CT molecular complexity index is 568. The van der Waals surface area contributed by atoms with Crippen molar-refractivity contribution < 1.29 is 5.11 Å². The Morgan fingerprint density at radius 2 is 1.86 bits per heavy atom. The van der Waals surface area contributed by atoms with E-state index < -0.39 is 6.10 Å². The summed E-state index contributed by atoms with van der Waals surface area (Å²) in [6.07, 6.45) is 0.199. The molecule has 2 rings (SSSR count). The standard InChI is InChI=1S/C18H22ClNO/c1-3-20(17-9-7-14(2)8-10-17)12-11-18(21)15-5-4-6-16(19)13-15/h4-10,13,18,21H,3,11-12H2,1-2H3. The lowest BCUT2D eigenvalue weighted by Gasteiger charge is -2.24. The van der Waals surface area contributed by atoms with Gasteiger partial charge in [-0.25, -0.2) is 0 Å². The third kappa shape index (κ3) is 4.48. The Labute approximate surface area is 132 Å². The summed E-state index contributed by atoms with van der Waals surface area (Å²) in [5.41, 5.74) is 3.33. The van der Waals surface area contributed by atoms with E-state index in [4.69, 9.17) is 11.6 Å². The predicted octanol–water partition coefficient (Wildman–Crippen LogP) is 4.60. The molecule has 0 bridgehead atoms. The molecule has 0 amide bonds.